The molecule has 0 radical (unpaired) electrons. The molecule has 0 saturated heterocycles. The number of anilines is 1. The largest absolute Gasteiger partial charge is 0.366 e. The minimum absolute atomic E-state index is 0.233. The second-order valence-electron chi connectivity index (χ2n) is 4.12. The molecule has 4 aromatic rings. The first kappa shape index (κ1) is 10.0. The third-order valence-corrected chi connectivity index (χ3v) is 2.94. The van der Waals surface area contributed by atoms with E-state index >= 15 is 0 Å². The second-order valence-corrected chi connectivity index (χ2v) is 4.12. The maximum Gasteiger partial charge on any atom is 0.240 e. The number of benzene rings is 1. The molecule has 4 rings (SSSR count). The van der Waals surface area contributed by atoms with E-state index in [-0.39, 0.29) is 5.95 Å². The minimum atomic E-state index is 0.233. The Hall–Kier alpha value is -2.96. The van der Waals surface area contributed by atoms with E-state index in [9.17, 15) is 0 Å². The van der Waals surface area contributed by atoms with Crippen LogP contribution in [0.1, 0.15) is 0 Å². The third-order valence-electron chi connectivity index (χ3n) is 2.94. The zero-order valence-electron chi connectivity index (χ0n) is 9.80. The molecular weight excluding hydrogens is 242 g/mol. The fourth-order valence-corrected chi connectivity index (χ4v) is 2.12. The van der Waals surface area contributed by atoms with Crippen molar-refractivity contribution in [2.75, 3.05) is 5.73 Å². The number of pyridine rings is 1. The predicted octanol–water partition coefficient (Wildman–Crippen LogP) is 1.05. The molecule has 0 atom stereocenters. The Kier molecular flexibility index (Phi) is 1.85. The van der Waals surface area contributed by atoms with E-state index in [2.05, 4.69) is 20.4 Å². The van der Waals surface area contributed by atoms with Gasteiger partial charge >= 0.3 is 0 Å². The highest BCUT2D eigenvalue weighted by Crippen LogP contribution is 2.19. The first-order chi connectivity index (χ1) is 9.33. The normalized spacial score (nSPS) is 11.4. The maximum atomic E-state index is 5.64. The van der Waals surface area contributed by atoms with Crippen LogP contribution in [0.5, 0.6) is 0 Å². The number of nitrogens with two attached hydrogens (primary N) is 1. The molecule has 0 saturated carbocycles. The number of para-hydroxylation sites is 1. The molecular formula is C12H9N7. The lowest BCUT2D eigenvalue weighted by Gasteiger charge is -2.02. The second kappa shape index (κ2) is 3.52. The third kappa shape index (κ3) is 1.38. The van der Waals surface area contributed by atoms with Gasteiger partial charge in [0.25, 0.3) is 0 Å². The van der Waals surface area contributed by atoms with Gasteiger partial charge in [-0.15, -0.1) is 10.2 Å². The van der Waals surface area contributed by atoms with Crippen molar-refractivity contribution in [1.29, 1.82) is 0 Å². The zero-order chi connectivity index (χ0) is 12.8. The molecule has 3 heterocycles. The summed E-state index contributed by atoms with van der Waals surface area (Å²) in [4.78, 5) is 4.22. The van der Waals surface area contributed by atoms with Gasteiger partial charge in [-0.25, -0.2) is 9.20 Å². The van der Waals surface area contributed by atoms with Crippen LogP contribution in [0.4, 0.5) is 5.95 Å². The van der Waals surface area contributed by atoms with Crippen LogP contribution in [0.3, 0.4) is 0 Å². The highest BCUT2D eigenvalue weighted by atomic mass is 15.4. The summed E-state index contributed by atoms with van der Waals surface area (Å²) in [5.74, 6) is 0.233. The standard InChI is InChI=1S/C12H9N7/c13-12-14-11-10(6-3-7-18(11)16-12)19-9-5-2-1-4-8(9)15-17-19/h1-7H,(H2,13,16). The molecule has 0 spiro atoms. The molecule has 92 valence electrons. The maximum absolute atomic E-state index is 5.64. The van der Waals surface area contributed by atoms with Crippen molar-refractivity contribution in [3.8, 4) is 5.69 Å². The highest BCUT2D eigenvalue weighted by molar-refractivity contribution is 5.77. The van der Waals surface area contributed by atoms with E-state index in [1.807, 2.05) is 36.4 Å². The van der Waals surface area contributed by atoms with E-state index in [1.165, 1.54) is 0 Å². The molecule has 2 N–H and O–H groups in total. The van der Waals surface area contributed by atoms with Crippen molar-refractivity contribution in [3.05, 3.63) is 42.6 Å². The van der Waals surface area contributed by atoms with Gasteiger partial charge in [-0.1, -0.05) is 17.3 Å². The number of hydrogen-bond donors (Lipinski definition) is 1. The summed E-state index contributed by atoms with van der Waals surface area (Å²) < 4.78 is 3.36. The Balaban J connectivity index is 2.09. The van der Waals surface area contributed by atoms with Crippen LogP contribution in [0.25, 0.3) is 22.4 Å². The summed E-state index contributed by atoms with van der Waals surface area (Å²) in [5.41, 5.74) is 8.82. The van der Waals surface area contributed by atoms with Crippen molar-refractivity contribution in [2.45, 2.75) is 0 Å². The fraction of sp³-hybridized carbons (Fsp3) is 0. The Morgan fingerprint density at radius 2 is 1.95 bits per heavy atom. The van der Waals surface area contributed by atoms with E-state index in [4.69, 9.17) is 5.73 Å². The average molecular weight is 251 g/mol. The molecule has 0 aliphatic carbocycles. The Morgan fingerprint density at radius 3 is 2.89 bits per heavy atom. The molecule has 19 heavy (non-hydrogen) atoms. The number of nitrogen functional groups attached to an aromatic ring is 1. The van der Waals surface area contributed by atoms with Crippen LogP contribution in [0.15, 0.2) is 42.6 Å². The topological polar surface area (TPSA) is 86.9 Å². The smallest absolute Gasteiger partial charge is 0.240 e. The summed E-state index contributed by atoms with van der Waals surface area (Å²) >= 11 is 0. The van der Waals surface area contributed by atoms with Gasteiger partial charge < -0.3 is 5.73 Å². The number of rotatable bonds is 1. The van der Waals surface area contributed by atoms with E-state index < -0.39 is 0 Å². The van der Waals surface area contributed by atoms with Crippen molar-refractivity contribution in [2.24, 2.45) is 0 Å². The fourth-order valence-electron chi connectivity index (χ4n) is 2.12. The highest BCUT2D eigenvalue weighted by Gasteiger charge is 2.11. The summed E-state index contributed by atoms with van der Waals surface area (Å²) in [7, 11) is 0. The molecule has 7 heteroatoms. The number of fused-ring (bicyclic) bond motifs is 2. The summed E-state index contributed by atoms with van der Waals surface area (Å²) in [6.07, 6.45) is 1.79. The van der Waals surface area contributed by atoms with Crippen LogP contribution in [0.2, 0.25) is 0 Å². The van der Waals surface area contributed by atoms with Crippen molar-refractivity contribution < 1.29 is 0 Å². The number of aromatic nitrogens is 6. The van der Waals surface area contributed by atoms with Gasteiger partial charge in [-0.05, 0) is 24.3 Å². The Labute approximate surface area is 107 Å². The van der Waals surface area contributed by atoms with Crippen LogP contribution in [-0.2, 0) is 0 Å². The summed E-state index contributed by atoms with van der Waals surface area (Å²) in [5, 5.41) is 12.4. The molecule has 3 aromatic heterocycles. The van der Waals surface area contributed by atoms with Crippen molar-refractivity contribution in [3.63, 3.8) is 0 Å². The van der Waals surface area contributed by atoms with E-state index in [0.29, 0.717) is 5.65 Å². The monoisotopic (exact) mass is 251 g/mol. The zero-order valence-corrected chi connectivity index (χ0v) is 9.80. The number of nitrogens with zero attached hydrogens (tertiary/aromatic N) is 6. The molecule has 1 aromatic carbocycles. The van der Waals surface area contributed by atoms with Crippen LogP contribution < -0.4 is 5.73 Å². The lowest BCUT2D eigenvalue weighted by atomic mass is 10.3. The molecule has 0 fully saturated rings. The molecule has 0 amide bonds. The lowest BCUT2D eigenvalue weighted by molar-refractivity contribution is 0.818. The Morgan fingerprint density at radius 1 is 1.05 bits per heavy atom. The van der Waals surface area contributed by atoms with E-state index in [1.54, 1.807) is 15.4 Å². The molecule has 0 unspecified atom stereocenters. The first-order valence-electron chi connectivity index (χ1n) is 5.74. The minimum Gasteiger partial charge on any atom is -0.366 e. The predicted molar refractivity (Wildman–Crippen MR) is 69.8 cm³/mol. The van der Waals surface area contributed by atoms with Gasteiger partial charge in [0, 0.05) is 6.20 Å². The Bertz CT molecular complexity index is 889. The van der Waals surface area contributed by atoms with Crippen molar-refractivity contribution in [1.82, 2.24) is 29.6 Å². The quantitative estimate of drug-likeness (QED) is 0.546. The van der Waals surface area contributed by atoms with Gasteiger partial charge in [-0.3, -0.25) is 0 Å². The van der Waals surface area contributed by atoms with Crippen LogP contribution in [0, 0.1) is 0 Å². The van der Waals surface area contributed by atoms with Crippen LogP contribution >= 0.6 is 0 Å². The van der Waals surface area contributed by atoms with Crippen LogP contribution in [-0.4, -0.2) is 29.6 Å². The SMILES string of the molecule is Nc1nc2c(-n3nnc4ccccc43)cccn2n1. The molecule has 7 nitrogen and oxygen atoms in total. The van der Waals surface area contributed by atoms with Gasteiger partial charge in [0.15, 0.2) is 5.65 Å². The first-order valence-corrected chi connectivity index (χ1v) is 5.74. The number of hydrogen-bond acceptors (Lipinski definition) is 5. The van der Waals surface area contributed by atoms with Gasteiger partial charge in [-0.2, -0.15) is 4.98 Å². The lowest BCUT2D eigenvalue weighted by Crippen LogP contribution is -2.00. The van der Waals surface area contributed by atoms with Crippen molar-refractivity contribution >= 4 is 22.6 Å². The van der Waals surface area contributed by atoms with E-state index in [0.717, 1.165) is 16.7 Å². The molecule has 0 aliphatic heterocycles. The van der Waals surface area contributed by atoms with Gasteiger partial charge in [0.2, 0.25) is 5.95 Å². The van der Waals surface area contributed by atoms with Gasteiger partial charge in [0.05, 0.1) is 5.52 Å². The summed E-state index contributed by atoms with van der Waals surface area (Å²) in [6, 6.07) is 11.5. The average Bonchev–Trinajstić information content (AvgIpc) is 3.00. The molecule has 0 aliphatic rings. The van der Waals surface area contributed by atoms with Gasteiger partial charge in [0.1, 0.15) is 11.2 Å². The summed E-state index contributed by atoms with van der Waals surface area (Å²) in [6.45, 7) is 0. The molecule has 0 bridgehead atoms.